The largest absolute Gasteiger partial charge is 0.368 e. The maximum absolute atomic E-state index is 6.18. The Labute approximate surface area is 126 Å². The topological polar surface area (TPSA) is 41.1 Å². The summed E-state index contributed by atoms with van der Waals surface area (Å²) in [6.45, 7) is 8.55. The van der Waals surface area contributed by atoms with Crippen molar-refractivity contribution in [2.75, 3.05) is 31.5 Å². The molecule has 0 aliphatic carbocycles. The van der Waals surface area contributed by atoms with E-state index in [-0.39, 0.29) is 0 Å². The number of aromatic nitrogens is 2. The summed E-state index contributed by atoms with van der Waals surface area (Å²) in [5.41, 5.74) is 0.949. The number of likely N-dealkylation sites (tertiary alicyclic amines) is 1. The van der Waals surface area contributed by atoms with Crippen LogP contribution in [0.25, 0.3) is 0 Å². The number of nitrogens with one attached hydrogen (secondary N) is 1. The first-order chi connectivity index (χ1) is 9.70. The van der Waals surface area contributed by atoms with Crippen LogP contribution < -0.4 is 5.32 Å². The molecule has 2 heterocycles. The van der Waals surface area contributed by atoms with Gasteiger partial charge in [-0.25, -0.2) is 9.97 Å². The molecule has 4 nitrogen and oxygen atoms in total. The predicted octanol–water partition coefficient (Wildman–Crippen LogP) is 3.29. The Balaban J connectivity index is 1.90. The second kappa shape index (κ2) is 7.79. The summed E-state index contributed by atoms with van der Waals surface area (Å²) < 4.78 is 0. The molecule has 0 bridgehead atoms. The maximum atomic E-state index is 6.18. The number of nitrogens with zero attached hydrogens (tertiary/aromatic N) is 3. The molecule has 0 unspecified atom stereocenters. The number of aryl methyl sites for hydroxylation is 1. The first-order valence-electron chi connectivity index (χ1n) is 7.70. The fourth-order valence-corrected chi connectivity index (χ4v) is 2.74. The van der Waals surface area contributed by atoms with Gasteiger partial charge in [0, 0.05) is 25.1 Å². The smallest absolute Gasteiger partial charge is 0.137 e. The van der Waals surface area contributed by atoms with E-state index in [4.69, 9.17) is 11.6 Å². The minimum atomic E-state index is 0.573. The van der Waals surface area contributed by atoms with Crippen LogP contribution in [0.1, 0.15) is 44.0 Å². The summed E-state index contributed by atoms with van der Waals surface area (Å²) in [6.07, 6.45) is 5.95. The van der Waals surface area contributed by atoms with Crippen molar-refractivity contribution in [3.63, 3.8) is 0 Å². The second-order valence-electron chi connectivity index (χ2n) is 5.48. The van der Waals surface area contributed by atoms with Crippen LogP contribution in [-0.2, 0) is 6.42 Å². The van der Waals surface area contributed by atoms with Crippen molar-refractivity contribution >= 4 is 17.4 Å². The first kappa shape index (κ1) is 15.5. The van der Waals surface area contributed by atoms with Gasteiger partial charge in [-0.05, 0) is 39.3 Å². The standard InChI is InChI=1S/C15H25ClN4/c1-3-7-13-18-14(16)12(2)15(19-13)17-8-11-20-9-5-4-6-10-20/h3-11H2,1-2H3,(H,17,18,19). The SMILES string of the molecule is CCCc1nc(Cl)c(C)c(NCCN2CCCCC2)n1. The quantitative estimate of drug-likeness (QED) is 0.818. The third kappa shape index (κ3) is 4.32. The predicted molar refractivity (Wildman–Crippen MR) is 84.6 cm³/mol. The highest BCUT2D eigenvalue weighted by atomic mass is 35.5. The van der Waals surface area contributed by atoms with E-state index in [0.29, 0.717) is 5.15 Å². The van der Waals surface area contributed by atoms with Gasteiger partial charge in [-0.2, -0.15) is 0 Å². The molecule has 20 heavy (non-hydrogen) atoms. The highest BCUT2D eigenvalue weighted by molar-refractivity contribution is 6.30. The van der Waals surface area contributed by atoms with Crippen molar-refractivity contribution in [1.29, 1.82) is 0 Å². The van der Waals surface area contributed by atoms with Crippen LogP contribution in [-0.4, -0.2) is 41.0 Å². The number of hydrogen-bond acceptors (Lipinski definition) is 4. The lowest BCUT2D eigenvalue weighted by Gasteiger charge is -2.26. The van der Waals surface area contributed by atoms with Gasteiger partial charge in [-0.15, -0.1) is 0 Å². The lowest BCUT2D eigenvalue weighted by molar-refractivity contribution is 0.237. The van der Waals surface area contributed by atoms with Crippen LogP contribution in [0.15, 0.2) is 0 Å². The van der Waals surface area contributed by atoms with Crippen molar-refractivity contribution in [3.8, 4) is 0 Å². The molecule has 0 atom stereocenters. The Morgan fingerprint density at radius 3 is 2.65 bits per heavy atom. The Bertz CT molecular complexity index is 430. The molecule has 2 rings (SSSR count). The molecule has 0 amide bonds. The van der Waals surface area contributed by atoms with Crippen molar-refractivity contribution in [2.24, 2.45) is 0 Å². The van der Waals surface area contributed by atoms with Gasteiger partial charge in [-0.3, -0.25) is 0 Å². The van der Waals surface area contributed by atoms with Crippen LogP contribution >= 0.6 is 11.6 Å². The zero-order chi connectivity index (χ0) is 14.4. The molecular formula is C15H25ClN4. The van der Waals surface area contributed by atoms with Gasteiger partial charge >= 0.3 is 0 Å². The molecule has 1 fully saturated rings. The highest BCUT2D eigenvalue weighted by Crippen LogP contribution is 2.20. The normalized spacial score (nSPS) is 16.4. The third-order valence-electron chi connectivity index (χ3n) is 3.78. The summed E-state index contributed by atoms with van der Waals surface area (Å²) in [5, 5.41) is 4.00. The van der Waals surface area contributed by atoms with Gasteiger partial charge in [0.1, 0.15) is 16.8 Å². The van der Waals surface area contributed by atoms with Crippen LogP contribution in [0, 0.1) is 6.92 Å². The Hall–Kier alpha value is -0.870. The first-order valence-corrected chi connectivity index (χ1v) is 8.07. The van der Waals surface area contributed by atoms with Crippen molar-refractivity contribution < 1.29 is 0 Å². The van der Waals surface area contributed by atoms with E-state index in [1.807, 2.05) is 6.92 Å². The lowest BCUT2D eigenvalue weighted by atomic mass is 10.1. The molecule has 1 N–H and O–H groups in total. The Morgan fingerprint density at radius 2 is 1.95 bits per heavy atom. The van der Waals surface area contributed by atoms with Gasteiger partial charge < -0.3 is 10.2 Å². The van der Waals surface area contributed by atoms with Gasteiger partial charge in [0.25, 0.3) is 0 Å². The lowest BCUT2D eigenvalue weighted by Crippen LogP contribution is -2.33. The van der Waals surface area contributed by atoms with E-state index in [1.165, 1.54) is 32.4 Å². The number of hydrogen-bond donors (Lipinski definition) is 1. The molecule has 5 heteroatoms. The summed E-state index contributed by atoms with van der Waals surface area (Å²) in [5.74, 6) is 1.73. The van der Waals surface area contributed by atoms with Gasteiger partial charge in [0.2, 0.25) is 0 Å². The zero-order valence-electron chi connectivity index (χ0n) is 12.6. The van der Waals surface area contributed by atoms with E-state index in [9.17, 15) is 0 Å². The fraction of sp³-hybridized carbons (Fsp3) is 0.733. The summed E-state index contributed by atoms with van der Waals surface area (Å²) in [6, 6.07) is 0. The molecule has 1 aromatic rings. The summed E-state index contributed by atoms with van der Waals surface area (Å²) in [7, 11) is 0. The molecular weight excluding hydrogens is 272 g/mol. The van der Waals surface area contributed by atoms with E-state index in [2.05, 4.69) is 27.1 Å². The van der Waals surface area contributed by atoms with Gasteiger partial charge in [-0.1, -0.05) is 24.9 Å². The molecule has 1 aromatic heterocycles. The van der Waals surface area contributed by atoms with Crippen LogP contribution in [0.3, 0.4) is 0 Å². The average Bonchev–Trinajstić information content (AvgIpc) is 2.45. The van der Waals surface area contributed by atoms with Crippen LogP contribution in [0.5, 0.6) is 0 Å². The summed E-state index contributed by atoms with van der Waals surface area (Å²) >= 11 is 6.18. The molecule has 0 spiro atoms. The highest BCUT2D eigenvalue weighted by Gasteiger charge is 2.11. The van der Waals surface area contributed by atoms with E-state index in [0.717, 1.165) is 43.1 Å². The van der Waals surface area contributed by atoms with Crippen molar-refractivity contribution in [1.82, 2.24) is 14.9 Å². The zero-order valence-corrected chi connectivity index (χ0v) is 13.3. The molecule has 1 aliphatic rings. The summed E-state index contributed by atoms with van der Waals surface area (Å²) in [4.78, 5) is 11.4. The second-order valence-corrected chi connectivity index (χ2v) is 5.84. The van der Waals surface area contributed by atoms with Crippen molar-refractivity contribution in [2.45, 2.75) is 46.0 Å². The van der Waals surface area contributed by atoms with Crippen molar-refractivity contribution in [3.05, 3.63) is 16.5 Å². The molecule has 0 saturated carbocycles. The number of piperidine rings is 1. The molecule has 1 saturated heterocycles. The van der Waals surface area contributed by atoms with Gasteiger partial charge in [0.15, 0.2) is 0 Å². The molecule has 0 aromatic carbocycles. The maximum Gasteiger partial charge on any atom is 0.137 e. The minimum absolute atomic E-state index is 0.573. The van der Waals surface area contributed by atoms with E-state index in [1.54, 1.807) is 0 Å². The monoisotopic (exact) mass is 296 g/mol. The van der Waals surface area contributed by atoms with Crippen LogP contribution in [0.4, 0.5) is 5.82 Å². The molecule has 0 radical (unpaired) electrons. The Kier molecular flexibility index (Phi) is 6.05. The van der Waals surface area contributed by atoms with E-state index < -0.39 is 0 Å². The fourth-order valence-electron chi connectivity index (χ4n) is 2.56. The number of rotatable bonds is 6. The van der Waals surface area contributed by atoms with Crippen LogP contribution in [0.2, 0.25) is 5.15 Å². The van der Waals surface area contributed by atoms with Gasteiger partial charge in [0.05, 0.1) is 0 Å². The number of halogens is 1. The number of anilines is 1. The minimum Gasteiger partial charge on any atom is -0.368 e. The van der Waals surface area contributed by atoms with E-state index >= 15 is 0 Å². The third-order valence-corrected chi connectivity index (χ3v) is 4.14. The Morgan fingerprint density at radius 1 is 1.20 bits per heavy atom. The molecule has 1 aliphatic heterocycles. The molecule has 112 valence electrons. The average molecular weight is 297 g/mol.